The summed E-state index contributed by atoms with van der Waals surface area (Å²) in [5.41, 5.74) is 13.5. The lowest BCUT2D eigenvalue weighted by Crippen LogP contribution is -2.18. The third-order valence-corrected chi connectivity index (χ3v) is 6.81. The molecule has 0 saturated heterocycles. The van der Waals surface area contributed by atoms with Crippen molar-refractivity contribution in [2.75, 3.05) is 14.2 Å². The highest BCUT2D eigenvalue weighted by atomic mass is 35.5. The fourth-order valence-electron chi connectivity index (χ4n) is 4.04. The van der Waals surface area contributed by atoms with Gasteiger partial charge in [-0.3, -0.25) is 4.79 Å². The van der Waals surface area contributed by atoms with E-state index in [9.17, 15) is 4.79 Å². The van der Waals surface area contributed by atoms with Crippen molar-refractivity contribution < 1.29 is 14.3 Å². The summed E-state index contributed by atoms with van der Waals surface area (Å²) in [4.78, 5) is 12.6. The van der Waals surface area contributed by atoms with Gasteiger partial charge in [0.05, 0.1) is 24.0 Å². The Bertz CT molecular complexity index is 1070. The molecule has 1 amide bonds. The van der Waals surface area contributed by atoms with Crippen LogP contribution in [0.3, 0.4) is 0 Å². The molecule has 0 aliphatic heterocycles. The molecule has 4 nitrogen and oxygen atoms in total. The number of rotatable bonds is 9. The van der Waals surface area contributed by atoms with E-state index < -0.39 is 16.7 Å². The van der Waals surface area contributed by atoms with Crippen molar-refractivity contribution in [3.8, 4) is 0 Å². The molecule has 3 rings (SSSR count). The second kappa shape index (κ2) is 11.2. The van der Waals surface area contributed by atoms with Crippen LogP contribution in [0.5, 0.6) is 0 Å². The van der Waals surface area contributed by atoms with E-state index >= 15 is 0 Å². The van der Waals surface area contributed by atoms with Crippen LogP contribution >= 0.6 is 23.2 Å². The van der Waals surface area contributed by atoms with Crippen molar-refractivity contribution in [1.82, 2.24) is 0 Å². The van der Waals surface area contributed by atoms with Gasteiger partial charge in [0.2, 0.25) is 5.91 Å². The molecule has 0 radical (unpaired) electrons. The quantitative estimate of drug-likeness (QED) is 0.359. The number of alkyl halides is 2. The van der Waals surface area contributed by atoms with Gasteiger partial charge in [-0.25, -0.2) is 0 Å². The van der Waals surface area contributed by atoms with Gasteiger partial charge in [-0.15, -0.1) is 23.2 Å². The number of ether oxygens (including phenoxy) is 2. The van der Waals surface area contributed by atoms with Crippen LogP contribution in [0, 0.1) is 13.8 Å². The first-order valence-electron chi connectivity index (χ1n) is 10.7. The van der Waals surface area contributed by atoms with Crippen molar-refractivity contribution in [3.05, 3.63) is 105 Å². The van der Waals surface area contributed by atoms with Crippen LogP contribution in [-0.4, -0.2) is 20.1 Å². The minimum atomic E-state index is -0.558. The summed E-state index contributed by atoms with van der Waals surface area (Å²) in [6.45, 7) is 5.07. The van der Waals surface area contributed by atoms with Crippen molar-refractivity contribution in [3.63, 3.8) is 0 Å². The van der Waals surface area contributed by atoms with Crippen molar-refractivity contribution in [1.29, 1.82) is 0 Å². The third kappa shape index (κ3) is 5.59. The van der Waals surface area contributed by atoms with Crippen LogP contribution in [0.2, 0.25) is 0 Å². The van der Waals surface area contributed by atoms with Crippen molar-refractivity contribution in [2.24, 2.45) is 5.73 Å². The Morgan fingerprint density at radius 2 is 1.24 bits per heavy atom. The molecule has 174 valence electrons. The number of amides is 1. The molecule has 0 aromatic heterocycles. The zero-order chi connectivity index (χ0) is 24.1. The number of aryl methyl sites for hydroxylation is 2. The Hall–Kier alpha value is -2.37. The van der Waals surface area contributed by atoms with Gasteiger partial charge in [0.15, 0.2) is 0 Å². The number of methoxy groups -OCH3 is 2. The van der Waals surface area contributed by atoms with Gasteiger partial charge in [0, 0.05) is 19.8 Å². The maximum atomic E-state index is 12.6. The highest BCUT2D eigenvalue weighted by Gasteiger charge is 2.25. The molecule has 6 heteroatoms. The van der Waals surface area contributed by atoms with Crippen LogP contribution in [0.1, 0.15) is 65.6 Å². The zero-order valence-corrected chi connectivity index (χ0v) is 20.8. The van der Waals surface area contributed by atoms with Crippen LogP contribution in [-0.2, 0) is 22.7 Å². The van der Waals surface area contributed by atoms with Gasteiger partial charge in [-0.05, 0) is 58.4 Å². The van der Waals surface area contributed by atoms with Crippen molar-refractivity contribution >= 4 is 29.1 Å². The van der Waals surface area contributed by atoms with Gasteiger partial charge in [0.1, 0.15) is 0 Å². The normalized spacial score (nSPS) is 13.0. The molecule has 3 aromatic rings. The summed E-state index contributed by atoms with van der Waals surface area (Å²) < 4.78 is 10.5. The minimum Gasteiger partial charge on any atom is -0.380 e. The maximum absolute atomic E-state index is 12.6. The molecule has 0 saturated carbocycles. The largest absolute Gasteiger partial charge is 0.380 e. The lowest BCUT2D eigenvalue weighted by Gasteiger charge is -2.21. The van der Waals surface area contributed by atoms with Gasteiger partial charge >= 0.3 is 0 Å². The SMILES string of the molecule is COCc1ccc(C(Cl)c2cccc(C(Cl)c3ccc(COC)c(C)c3)c2C(N)=O)cc1C. The van der Waals surface area contributed by atoms with E-state index in [1.54, 1.807) is 14.2 Å². The third-order valence-electron chi connectivity index (χ3n) is 5.84. The van der Waals surface area contributed by atoms with E-state index in [4.69, 9.17) is 38.4 Å². The number of hydrogen-bond donors (Lipinski definition) is 1. The van der Waals surface area contributed by atoms with Crippen LogP contribution in [0.15, 0.2) is 54.6 Å². The highest BCUT2D eigenvalue weighted by molar-refractivity contribution is 6.25. The molecule has 0 fully saturated rings. The molecule has 0 heterocycles. The molecule has 2 unspecified atom stereocenters. The number of primary amides is 1. The Balaban J connectivity index is 2.03. The first kappa shape index (κ1) is 25.3. The molecular weight excluding hydrogens is 457 g/mol. The number of benzene rings is 3. The van der Waals surface area contributed by atoms with Crippen LogP contribution < -0.4 is 5.73 Å². The van der Waals surface area contributed by atoms with E-state index in [0.717, 1.165) is 33.4 Å². The molecule has 33 heavy (non-hydrogen) atoms. The standard InChI is InChI=1S/C27H29Cl2NO3/c1-16-12-18(8-10-20(16)14-32-3)25(28)22-6-5-7-23(24(22)27(30)31)26(29)19-9-11-21(15-33-4)17(2)13-19/h5-13,25-26H,14-15H2,1-4H3,(H2,30,31). The fraction of sp³-hybridized carbons (Fsp3) is 0.296. The zero-order valence-electron chi connectivity index (χ0n) is 19.3. The molecule has 3 aromatic carbocycles. The topological polar surface area (TPSA) is 61.6 Å². The van der Waals surface area contributed by atoms with E-state index in [1.165, 1.54) is 0 Å². The Morgan fingerprint density at radius 1 is 0.818 bits per heavy atom. The number of carbonyl (C=O) groups is 1. The molecule has 0 bridgehead atoms. The lowest BCUT2D eigenvalue weighted by molar-refractivity contribution is 0.0998. The van der Waals surface area contributed by atoms with Crippen LogP contribution in [0.4, 0.5) is 0 Å². The molecule has 0 aliphatic rings. The average Bonchev–Trinajstić information content (AvgIpc) is 2.80. The Labute approximate surface area is 205 Å². The maximum Gasteiger partial charge on any atom is 0.249 e. The highest BCUT2D eigenvalue weighted by Crippen LogP contribution is 2.38. The molecular formula is C27H29Cl2NO3. The number of nitrogens with two attached hydrogens (primary N) is 1. The van der Waals surface area contributed by atoms with Crippen LogP contribution in [0.25, 0.3) is 0 Å². The summed E-state index contributed by atoms with van der Waals surface area (Å²) in [5, 5.41) is -1.12. The summed E-state index contributed by atoms with van der Waals surface area (Å²) in [6.07, 6.45) is 0. The first-order chi connectivity index (χ1) is 15.8. The summed E-state index contributed by atoms with van der Waals surface area (Å²) in [6, 6.07) is 17.4. The fourth-order valence-corrected chi connectivity index (χ4v) is 4.68. The Kier molecular flexibility index (Phi) is 8.55. The predicted molar refractivity (Wildman–Crippen MR) is 134 cm³/mol. The Morgan fingerprint density at radius 3 is 1.58 bits per heavy atom. The monoisotopic (exact) mass is 485 g/mol. The molecule has 2 atom stereocenters. The van der Waals surface area contributed by atoms with Gasteiger partial charge in [-0.1, -0.05) is 54.6 Å². The summed E-state index contributed by atoms with van der Waals surface area (Å²) in [5.74, 6) is -0.558. The van der Waals surface area contributed by atoms with Gasteiger partial charge in [-0.2, -0.15) is 0 Å². The van der Waals surface area contributed by atoms with Crippen molar-refractivity contribution in [2.45, 2.75) is 37.8 Å². The molecule has 0 spiro atoms. The second-order valence-corrected chi connectivity index (χ2v) is 9.01. The lowest BCUT2D eigenvalue weighted by atomic mass is 9.90. The smallest absolute Gasteiger partial charge is 0.249 e. The number of carbonyl (C=O) groups excluding carboxylic acids is 1. The average molecular weight is 486 g/mol. The van der Waals surface area contributed by atoms with E-state index in [0.29, 0.717) is 29.9 Å². The molecule has 0 aliphatic carbocycles. The number of halogens is 2. The van der Waals surface area contributed by atoms with Gasteiger partial charge < -0.3 is 15.2 Å². The van der Waals surface area contributed by atoms with E-state index in [1.807, 2.05) is 68.4 Å². The summed E-state index contributed by atoms with van der Waals surface area (Å²) >= 11 is 13.8. The molecule has 2 N–H and O–H groups in total. The number of hydrogen-bond acceptors (Lipinski definition) is 3. The van der Waals surface area contributed by atoms with E-state index in [2.05, 4.69) is 0 Å². The van der Waals surface area contributed by atoms with Gasteiger partial charge in [0.25, 0.3) is 0 Å². The summed E-state index contributed by atoms with van der Waals surface area (Å²) in [7, 11) is 3.33. The second-order valence-electron chi connectivity index (χ2n) is 8.14. The van der Waals surface area contributed by atoms with E-state index in [-0.39, 0.29) is 0 Å². The predicted octanol–water partition coefficient (Wildman–Crippen LogP) is 6.35. The minimum absolute atomic E-state index is 0.356. The first-order valence-corrected chi connectivity index (χ1v) is 11.5.